The average Bonchev–Trinajstić information content (AvgIpc) is 3.69. The Morgan fingerprint density at radius 1 is 1.09 bits per heavy atom. The van der Waals surface area contributed by atoms with Crippen LogP contribution in [0.2, 0.25) is 5.02 Å². The standard InChI is InChI=1S/C32H35ClN4O6/c1-31(2,3)43-30(40)37-17-22(18-37)21-7-9-26-23(16-21)28(38)35-25(29(39)36-32(19-34)10-11-32)15-20-6-8-27(24(33)14-20)42-13-5-4-12-41-26/h4-9,14,16,22,25H,10-13,15,17-18H2,1-3H3,(H,35,38)(H,36,39). The molecular formula is C32H35ClN4O6. The van der Waals surface area contributed by atoms with Gasteiger partial charge in [-0.15, -0.1) is 0 Å². The maximum absolute atomic E-state index is 13.8. The number of benzene rings is 2. The van der Waals surface area contributed by atoms with Crippen LogP contribution in [0.25, 0.3) is 0 Å². The molecule has 11 heteroatoms. The van der Waals surface area contributed by atoms with Crippen molar-refractivity contribution in [3.63, 3.8) is 0 Å². The molecule has 226 valence electrons. The molecular weight excluding hydrogens is 572 g/mol. The maximum Gasteiger partial charge on any atom is 0.410 e. The molecule has 2 fully saturated rings. The molecule has 0 aromatic heterocycles. The smallest absolute Gasteiger partial charge is 0.410 e. The Morgan fingerprint density at radius 2 is 1.77 bits per heavy atom. The summed E-state index contributed by atoms with van der Waals surface area (Å²) in [5.74, 6) is -0.104. The number of rotatable bonds is 3. The van der Waals surface area contributed by atoms with Crippen LogP contribution in [0.4, 0.5) is 4.79 Å². The number of ether oxygens (including phenoxy) is 3. The van der Waals surface area contributed by atoms with Gasteiger partial charge in [0.15, 0.2) is 0 Å². The van der Waals surface area contributed by atoms with Gasteiger partial charge in [-0.05, 0) is 81.2 Å². The van der Waals surface area contributed by atoms with Gasteiger partial charge < -0.3 is 29.7 Å². The number of nitrogens with one attached hydrogen (secondary N) is 2. The van der Waals surface area contributed by atoms with Crippen LogP contribution in [0, 0.1) is 11.3 Å². The highest BCUT2D eigenvalue weighted by Gasteiger charge is 2.46. The van der Waals surface area contributed by atoms with Crippen LogP contribution >= 0.6 is 11.6 Å². The molecule has 10 nitrogen and oxygen atoms in total. The number of halogens is 1. The van der Waals surface area contributed by atoms with Gasteiger partial charge in [0.25, 0.3) is 5.91 Å². The van der Waals surface area contributed by atoms with Crippen molar-refractivity contribution in [2.75, 3.05) is 26.3 Å². The monoisotopic (exact) mass is 606 g/mol. The zero-order valence-corrected chi connectivity index (χ0v) is 25.2. The second-order valence-corrected chi connectivity index (χ2v) is 12.5. The summed E-state index contributed by atoms with van der Waals surface area (Å²) in [5, 5.41) is 15.6. The molecule has 0 radical (unpaired) electrons. The molecule has 1 unspecified atom stereocenters. The lowest BCUT2D eigenvalue weighted by molar-refractivity contribution is -0.123. The van der Waals surface area contributed by atoms with Gasteiger partial charge in [-0.25, -0.2) is 4.79 Å². The molecule has 43 heavy (non-hydrogen) atoms. The SMILES string of the molecule is CC(C)(C)OC(=O)N1CC(c2ccc3c(c2)C(=O)NC(C(=O)NC2(C#N)CC2)Cc2ccc(c(Cl)c2)OCC=CCO3)C1. The lowest BCUT2D eigenvalue weighted by Gasteiger charge is -2.40. The zero-order valence-electron chi connectivity index (χ0n) is 24.4. The molecule has 1 saturated carbocycles. The molecule has 3 amide bonds. The number of hydrogen-bond acceptors (Lipinski definition) is 7. The van der Waals surface area contributed by atoms with Gasteiger partial charge in [0.05, 0.1) is 16.7 Å². The fraction of sp³-hybridized carbons (Fsp3) is 0.438. The molecule has 1 aliphatic carbocycles. The number of fused-ring (bicyclic) bond motifs is 9. The van der Waals surface area contributed by atoms with Gasteiger partial charge >= 0.3 is 6.09 Å². The van der Waals surface area contributed by atoms with Gasteiger partial charge in [-0.1, -0.05) is 23.7 Å². The second-order valence-electron chi connectivity index (χ2n) is 12.1. The van der Waals surface area contributed by atoms with Crippen LogP contribution < -0.4 is 20.1 Å². The number of amides is 3. The van der Waals surface area contributed by atoms with E-state index >= 15 is 0 Å². The summed E-state index contributed by atoms with van der Waals surface area (Å²) in [6.07, 6.45) is 4.46. The largest absolute Gasteiger partial charge is 0.489 e. The van der Waals surface area contributed by atoms with Gasteiger partial charge in [0, 0.05) is 25.4 Å². The van der Waals surface area contributed by atoms with Gasteiger partial charge in [0.1, 0.15) is 41.9 Å². The van der Waals surface area contributed by atoms with E-state index in [9.17, 15) is 19.6 Å². The number of likely N-dealkylation sites (tertiary alicyclic amines) is 1. The highest BCUT2D eigenvalue weighted by Crippen LogP contribution is 2.35. The topological polar surface area (TPSA) is 130 Å². The quantitative estimate of drug-likeness (QED) is 0.492. The van der Waals surface area contributed by atoms with Crippen molar-refractivity contribution < 1.29 is 28.6 Å². The average molecular weight is 607 g/mol. The fourth-order valence-corrected chi connectivity index (χ4v) is 5.12. The first-order chi connectivity index (χ1) is 20.4. The Labute approximate surface area is 255 Å². The predicted octanol–water partition coefficient (Wildman–Crippen LogP) is 4.52. The van der Waals surface area contributed by atoms with Crippen molar-refractivity contribution in [3.05, 3.63) is 70.3 Å². The van der Waals surface area contributed by atoms with Gasteiger partial charge in [-0.3, -0.25) is 9.59 Å². The van der Waals surface area contributed by atoms with Crippen LogP contribution in [-0.4, -0.2) is 66.3 Å². The second kappa shape index (κ2) is 12.2. The number of hydrogen-bond donors (Lipinski definition) is 2. The van der Waals surface area contributed by atoms with Crippen LogP contribution in [0.3, 0.4) is 0 Å². The Bertz CT molecular complexity index is 1480. The number of carbonyl (C=O) groups is 3. The maximum atomic E-state index is 13.8. The Hall–Kier alpha value is -4.23. The highest BCUT2D eigenvalue weighted by atomic mass is 35.5. The molecule has 3 heterocycles. The van der Waals surface area contributed by atoms with Crippen molar-refractivity contribution in [2.45, 2.75) is 63.1 Å². The van der Waals surface area contributed by atoms with Crippen molar-refractivity contribution in [1.82, 2.24) is 15.5 Å². The Morgan fingerprint density at radius 3 is 2.40 bits per heavy atom. The summed E-state index contributed by atoms with van der Waals surface area (Å²) in [5.41, 5.74) is 0.341. The van der Waals surface area contributed by atoms with Crippen LogP contribution in [-0.2, 0) is 16.0 Å². The van der Waals surface area contributed by atoms with E-state index in [2.05, 4.69) is 16.7 Å². The van der Waals surface area contributed by atoms with Crippen molar-refractivity contribution >= 4 is 29.5 Å². The minimum absolute atomic E-state index is 0.00752. The molecule has 3 aliphatic heterocycles. The highest BCUT2D eigenvalue weighted by molar-refractivity contribution is 6.32. The first-order valence-electron chi connectivity index (χ1n) is 14.3. The van der Waals surface area contributed by atoms with Crippen molar-refractivity contribution in [2.24, 2.45) is 0 Å². The Kier molecular flexibility index (Phi) is 8.56. The molecule has 4 aliphatic rings. The first-order valence-corrected chi connectivity index (χ1v) is 14.7. The first kappa shape index (κ1) is 30.2. The predicted molar refractivity (Wildman–Crippen MR) is 159 cm³/mol. The summed E-state index contributed by atoms with van der Waals surface area (Å²) in [6.45, 7) is 6.83. The van der Waals surface area contributed by atoms with E-state index in [1.165, 1.54) is 0 Å². The summed E-state index contributed by atoms with van der Waals surface area (Å²) < 4.78 is 17.2. The zero-order chi connectivity index (χ0) is 30.8. The summed E-state index contributed by atoms with van der Waals surface area (Å²) in [7, 11) is 0. The van der Waals surface area contributed by atoms with E-state index < -0.39 is 29.0 Å². The third-order valence-corrected chi connectivity index (χ3v) is 7.77. The Balaban J connectivity index is 1.41. The normalized spacial score (nSPS) is 19.9. The van der Waals surface area contributed by atoms with E-state index in [-0.39, 0.29) is 37.2 Å². The van der Waals surface area contributed by atoms with E-state index in [0.29, 0.717) is 48.0 Å². The number of nitrogens with zero attached hydrogens (tertiary/aromatic N) is 2. The molecule has 6 rings (SSSR count). The van der Waals surface area contributed by atoms with Gasteiger partial charge in [0.2, 0.25) is 5.91 Å². The fourth-order valence-electron chi connectivity index (χ4n) is 4.86. The summed E-state index contributed by atoms with van der Waals surface area (Å²) in [4.78, 5) is 41.3. The van der Waals surface area contributed by atoms with E-state index in [0.717, 1.165) is 5.56 Å². The van der Waals surface area contributed by atoms with E-state index in [4.69, 9.17) is 25.8 Å². The molecule has 1 saturated heterocycles. The number of nitriles is 1. The molecule has 2 N–H and O–H groups in total. The molecule has 1 atom stereocenters. The van der Waals surface area contributed by atoms with Crippen LogP contribution in [0.5, 0.6) is 11.5 Å². The summed E-state index contributed by atoms with van der Waals surface area (Å²) >= 11 is 6.45. The van der Waals surface area contributed by atoms with Crippen LogP contribution in [0.1, 0.15) is 61.0 Å². The van der Waals surface area contributed by atoms with Gasteiger partial charge in [-0.2, -0.15) is 5.26 Å². The molecule has 2 bridgehead atoms. The molecule has 2 aromatic carbocycles. The van der Waals surface area contributed by atoms with Crippen molar-refractivity contribution in [3.8, 4) is 17.6 Å². The lowest BCUT2D eigenvalue weighted by Crippen LogP contribution is -2.51. The van der Waals surface area contributed by atoms with E-state index in [1.807, 2.05) is 26.8 Å². The summed E-state index contributed by atoms with van der Waals surface area (Å²) in [6, 6.07) is 11.8. The lowest BCUT2D eigenvalue weighted by atomic mass is 9.90. The van der Waals surface area contributed by atoms with E-state index in [1.54, 1.807) is 47.4 Å². The van der Waals surface area contributed by atoms with Crippen molar-refractivity contribution in [1.29, 1.82) is 5.26 Å². The molecule has 0 spiro atoms. The van der Waals surface area contributed by atoms with Crippen LogP contribution in [0.15, 0.2) is 48.6 Å². The minimum Gasteiger partial charge on any atom is -0.489 e. The third-order valence-electron chi connectivity index (χ3n) is 7.47. The third kappa shape index (κ3) is 7.41. The number of carbonyl (C=O) groups excluding carboxylic acids is 3. The molecule has 2 aromatic rings. The minimum atomic E-state index is -0.989.